The summed E-state index contributed by atoms with van der Waals surface area (Å²) in [5, 5.41) is 22.4. The first-order valence-corrected chi connectivity index (χ1v) is 12.9. The van der Waals surface area contributed by atoms with Crippen LogP contribution in [0.3, 0.4) is 0 Å². The number of nitrogens with one attached hydrogen (secondary N) is 1. The lowest BCUT2D eigenvalue weighted by atomic mass is 10.0. The highest BCUT2D eigenvalue weighted by atomic mass is 35.5. The number of aliphatic hydroxyl groups is 1. The van der Waals surface area contributed by atoms with Crippen LogP contribution in [-0.2, 0) is 27.5 Å². The summed E-state index contributed by atoms with van der Waals surface area (Å²) < 4.78 is 1.77. The number of benzene rings is 1. The zero-order chi connectivity index (χ0) is 24.4. The Hall–Kier alpha value is -2.24. The second kappa shape index (κ2) is 10.6. The molecule has 0 unspecified atom stereocenters. The fourth-order valence-electron chi connectivity index (χ4n) is 3.74. The highest BCUT2D eigenvalue weighted by molar-refractivity contribution is 8.00. The van der Waals surface area contributed by atoms with E-state index in [2.05, 4.69) is 5.32 Å². The topological polar surface area (TPSA) is 111 Å². The first kappa shape index (κ1) is 24.9. The van der Waals surface area contributed by atoms with Gasteiger partial charge in [0.25, 0.3) is 5.91 Å². The third kappa shape index (κ3) is 5.21. The van der Waals surface area contributed by atoms with E-state index < -0.39 is 23.3 Å². The summed E-state index contributed by atoms with van der Waals surface area (Å²) in [5.74, 6) is -1.58. The molecule has 0 aliphatic carbocycles. The van der Waals surface area contributed by atoms with Crippen molar-refractivity contribution in [2.75, 3.05) is 11.5 Å². The number of hydrogen-bond donors (Lipinski definition) is 3. The Labute approximate surface area is 213 Å². The zero-order valence-electron chi connectivity index (χ0n) is 17.6. The van der Waals surface area contributed by atoms with Gasteiger partial charge in [0.15, 0.2) is 18.9 Å². The number of rotatable bonds is 8. The van der Waals surface area contributed by atoms with E-state index >= 15 is 0 Å². The number of carboxylic acid groups (broad SMARTS) is 1. The van der Waals surface area contributed by atoms with E-state index in [0.29, 0.717) is 31.8 Å². The number of amides is 2. The normalized spacial score (nSPS) is 19.5. The Morgan fingerprint density at radius 2 is 2.09 bits per heavy atom. The van der Waals surface area contributed by atoms with Crippen LogP contribution in [0.15, 0.2) is 58.9 Å². The van der Waals surface area contributed by atoms with Crippen LogP contribution >= 0.6 is 46.7 Å². The fourth-order valence-corrected chi connectivity index (χ4v) is 6.38. The monoisotopic (exact) mass is 540 g/mol. The number of aliphatic carboxylic acids is 1. The standard InChI is InChI=1S/C22H19Cl2N3O5S2/c23-14-3-4-15(24)16(6-14)33-11-17(29)25-18-20(30)27-19(22(31)32)13(10-34-21(18)27)8-26-5-1-2-12(7-26)9-28/h1-7,18,21,28H,8-11H2,(H-,25,29,31,32)/p+1/t18-,21-/m1/s1. The molecule has 0 radical (unpaired) electrons. The van der Waals surface area contributed by atoms with Crippen molar-refractivity contribution in [3.05, 3.63) is 69.6 Å². The van der Waals surface area contributed by atoms with Crippen LogP contribution in [-0.4, -0.2) is 55.8 Å². The number of β-lactam (4-membered cyclic amide) rings is 1. The molecule has 34 heavy (non-hydrogen) atoms. The molecule has 0 bridgehead atoms. The number of nitrogens with zero attached hydrogens (tertiary/aromatic N) is 2. The summed E-state index contributed by atoms with van der Waals surface area (Å²) in [6.45, 7) is 0.142. The molecule has 2 atom stereocenters. The van der Waals surface area contributed by atoms with Gasteiger partial charge in [0.05, 0.1) is 17.4 Å². The molecule has 2 aliphatic rings. The smallest absolute Gasteiger partial charge is 0.352 e. The van der Waals surface area contributed by atoms with Gasteiger partial charge in [0, 0.05) is 32.9 Å². The largest absolute Gasteiger partial charge is 0.477 e. The van der Waals surface area contributed by atoms with Crippen molar-refractivity contribution in [1.82, 2.24) is 10.2 Å². The van der Waals surface area contributed by atoms with Gasteiger partial charge in [-0.15, -0.1) is 23.5 Å². The van der Waals surface area contributed by atoms with E-state index in [9.17, 15) is 24.6 Å². The molecule has 3 heterocycles. The van der Waals surface area contributed by atoms with Crippen molar-refractivity contribution in [2.45, 2.75) is 29.5 Å². The summed E-state index contributed by atoms with van der Waals surface area (Å²) >= 11 is 14.7. The van der Waals surface area contributed by atoms with Crippen LogP contribution in [0, 0.1) is 0 Å². The van der Waals surface area contributed by atoms with Crippen LogP contribution in [0.1, 0.15) is 5.56 Å². The summed E-state index contributed by atoms with van der Waals surface area (Å²) in [4.78, 5) is 39.2. The molecule has 2 aromatic rings. The lowest BCUT2D eigenvalue weighted by Crippen LogP contribution is -2.71. The molecule has 2 aliphatic heterocycles. The lowest BCUT2D eigenvalue weighted by molar-refractivity contribution is -0.689. The van der Waals surface area contributed by atoms with Crippen molar-refractivity contribution < 1.29 is 29.2 Å². The van der Waals surface area contributed by atoms with Gasteiger partial charge in [-0.2, -0.15) is 0 Å². The molecule has 1 fully saturated rings. The fraction of sp³-hybridized carbons (Fsp3) is 0.273. The van der Waals surface area contributed by atoms with Gasteiger partial charge in [0.2, 0.25) is 5.91 Å². The maximum absolute atomic E-state index is 12.8. The molecule has 1 saturated heterocycles. The number of hydrogen-bond acceptors (Lipinski definition) is 6. The molecule has 4 rings (SSSR count). The predicted molar refractivity (Wildman–Crippen MR) is 129 cm³/mol. The minimum absolute atomic E-state index is 0.0337. The zero-order valence-corrected chi connectivity index (χ0v) is 20.8. The second-order valence-electron chi connectivity index (χ2n) is 7.62. The molecular weight excluding hydrogens is 521 g/mol. The Bertz CT molecular complexity index is 1190. The van der Waals surface area contributed by atoms with E-state index in [1.54, 1.807) is 47.3 Å². The van der Waals surface area contributed by atoms with Crippen LogP contribution in [0.5, 0.6) is 0 Å². The molecule has 0 saturated carbocycles. The highest BCUT2D eigenvalue weighted by Gasteiger charge is 2.54. The number of carboxylic acids is 1. The minimum Gasteiger partial charge on any atom is -0.477 e. The van der Waals surface area contributed by atoms with Gasteiger partial charge >= 0.3 is 5.97 Å². The highest BCUT2D eigenvalue weighted by Crippen LogP contribution is 2.40. The number of halogens is 2. The summed E-state index contributed by atoms with van der Waals surface area (Å²) in [5.41, 5.74) is 1.22. The summed E-state index contributed by atoms with van der Waals surface area (Å²) in [7, 11) is 0. The molecule has 178 valence electrons. The van der Waals surface area contributed by atoms with Crippen molar-refractivity contribution in [2.24, 2.45) is 0 Å². The molecule has 0 spiro atoms. The predicted octanol–water partition coefficient (Wildman–Crippen LogP) is 2.30. The Morgan fingerprint density at radius 1 is 1.29 bits per heavy atom. The number of aromatic nitrogens is 1. The van der Waals surface area contributed by atoms with Crippen LogP contribution in [0.4, 0.5) is 0 Å². The number of carbonyl (C=O) groups is 3. The maximum atomic E-state index is 12.8. The Morgan fingerprint density at radius 3 is 2.82 bits per heavy atom. The first-order chi connectivity index (χ1) is 16.3. The summed E-state index contributed by atoms with van der Waals surface area (Å²) in [6, 6.07) is 7.69. The van der Waals surface area contributed by atoms with E-state index in [4.69, 9.17) is 23.2 Å². The van der Waals surface area contributed by atoms with Gasteiger partial charge < -0.3 is 15.5 Å². The third-order valence-corrected chi connectivity index (χ3v) is 8.37. The Balaban J connectivity index is 1.43. The SMILES string of the molecule is O=C(CSc1cc(Cl)ccc1Cl)N[C@@H]1C(=O)N2C(C(=O)O)=C(C[n+]3cccc(CO)c3)CS[C@H]12. The third-order valence-electron chi connectivity index (χ3n) is 5.29. The Kier molecular flexibility index (Phi) is 7.73. The number of thioether (sulfide) groups is 2. The average Bonchev–Trinajstić information content (AvgIpc) is 2.82. The lowest BCUT2D eigenvalue weighted by Gasteiger charge is -2.49. The van der Waals surface area contributed by atoms with Gasteiger partial charge in [-0.1, -0.05) is 23.2 Å². The summed E-state index contributed by atoms with van der Waals surface area (Å²) in [6.07, 6.45) is 3.50. The van der Waals surface area contributed by atoms with Gasteiger partial charge in [-0.25, -0.2) is 9.36 Å². The number of carbonyl (C=O) groups excluding carboxylic acids is 2. The van der Waals surface area contributed by atoms with E-state index in [0.717, 1.165) is 0 Å². The maximum Gasteiger partial charge on any atom is 0.352 e. The van der Waals surface area contributed by atoms with Crippen molar-refractivity contribution in [1.29, 1.82) is 0 Å². The van der Waals surface area contributed by atoms with Gasteiger partial charge in [-0.05, 0) is 24.3 Å². The van der Waals surface area contributed by atoms with Gasteiger partial charge in [-0.3, -0.25) is 14.5 Å². The van der Waals surface area contributed by atoms with E-state index in [-0.39, 0.29) is 30.5 Å². The van der Waals surface area contributed by atoms with Crippen molar-refractivity contribution in [3.63, 3.8) is 0 Å². The number of pyridine rings is 1. The molecule has 8 nitrogen and oxygen atoms in total. The molecule has 2 amide bonds. The van der Waals surface area contributed by atoms with Gasteiger partial charge in [0.1, 0.15) is 17.1 Å². The van der Waals surface area contributed by atoms with E-state index in [1.165, 1.54) is 28.4 Å². The second-order valence-corrected chi connectivity index (χ2v) is 10.6. The average molecular weight is 541 g/mol. The van der Waals surface area contributed by atoms with Crippen LogP contribution in [0.2, 0.25) is 10.0 Å². The van der Waals surface area contributed by atoms with Crippen molar-refractivity contribution in [3.8, 4) is 0 Å². The first-order valence-electron chi connectivity index (χ1n) is 10.1. The minimum atomic E-state index is -1.19. The van der Waals surface area contributed by atoms with Crippen LogP contribution < -0.4 is 9.88 Å². The van der Waals surface area contributed by atoms with Crippen molar-refractivity contribution >= 4 is 64.5 Å². The molecule has 1 aromatic heterocycles. The number of fused-ring (bicyclic) bond motifs is 1. The molecule has 12 heteroatoms. The molecule has 3 N–H and O–H groups in total. The van der Waals surface area contributed by atoms with Crippen LogP contribution in [0.25, 0.3) is 0 Å². The quantitative estimate of drug-likeness (QED) is 0.267. The molecular formula is C22H20Cl2N3O5S2+. The molecule has 1 aromatic carbocycles. The number of aliphatic hydroxyl groups excluding tert-OH is 1. The van der Waals surface area contributed by atoms with E-state index in [1.807, 2.05) is 0 Å².